The van der Waals surface area contributed by atoms with Gasteiger partial charge in [-0.1, -0.05) is 37.1 Å². The second-order valence-corrected chi connectivity index (χ2v) is 6.99. The van der Waals surface area contributed by atoms with Crippen molar-refractivity contribution in [1.82, 2.24) is 4.90 Å². The van der Waals surface area contributed by atoms with Crippen LogP contribution in [0.4, 0.5) is 0 Å². The van der Waals surface area contributed by atoms with Gasteiger partial charge in [-0.3, -0.25) is 9.69 Å². The van der Waals surface area contributed by atoms with Crippen LogP contribution in [0.5, 0.6) is 0 Å². The lowest BCUT2D eigenvalue weighted by atomic mass is 9.66. The summed E-state index contributed by atoms with van der Waals surface area (Å²) in [6.45, 7) is 3.16. The van der Waals surface area contributed by atoms with Crippen molar-refractivity contribution in [3.8, 4) is 0 Å². The molecule has 2 atom stereocenters. The van der Waals surface area contributed by atoms with Crippen molar-refractivity contribution in [3.63, 3.8) is 0 Å². The molecule has 1 heterocycles. The molecule has 1 aromatic rings. The van der Waals surface area contributed by atoms with Gasteiger partial charge in [0.1, 0.15) is 0 Å². The van der Waals surface area contributed by atoms with Gasteiger partial charge >= 0.3 is 13.1 Å². The van der Waals surface area contributed by atoms with E-state index < -0.39 is 24.6 Å². The van der Waals surface area contributed by atoms with Gasteiger partial charge in [-0.15, -0.1) is 0 Å². The number of unbranched alkanes of at least 4 members (excludes halogenated alkanes) is 2. The molecule has 0 aromatic heterocycles. The molecule has 0 saturated carbocycles. The Morgan fingerprint density at radius 3 is 2.33 bits per heavy atom. The van der Waals surface area contributed by atoms with Crippen LogP contribution in [-0.2, 0) is 17.9 Å². The first-order chi connectivity index (χ1) is 11.3. The molecular formula is C17H27BN2O4. The van der Waals surface area contributed by atoms with Crippen molar-refractivity contribution in [1.29, 1.82) is 0 Å². The fourth-order valence-corrected chi connectivity index (χ4v) is 3.61. The van der Waals surface area contributed by atoms with E-state index in [1.54, 1.807) is 0 Å². The molecule has 6 nitrogen and oxygen atoms in total. The lowest BCUT2D eigenvalue weighted by molar-refractivity contribution is -0.137. The van der Waals surface area contributed by atoms with Gasteiger partial charge in [0.2, 0.25) is 0 Å². The summed E-state index contributed by atoms with van der Waals surface area (Å²) in [4.78, 5) is 12.6. The Bertz CT molecular complexity index is 540. The highest BCUT2D eigenvalue weighted by Crippen LogP contribution is 2.30. The van der Waals surface area contributed by atoms with Crippen LogP contribution in [0.15, 0.2) is 24.3 Å². The average molecular weight is 334 g/mol. The molecule has 0 saturated heterocycles. The number of nitrogens with zero attached hydrogens (tertiary/aromatic N) is 1. The minimum Gasteiger partial charge on any atom is -0.481 e. The first kappa shape index (κ1) is 18.9. The number of aliphatic carboxylic acids is 1. The van der Waals surface area contributed by atoms with Crippen LogP contribution in [0.25, 0.3) is 0 Å². The number of nitrogens with two attached hydrogens (primary N) is 1. The van der Waals surface area contributed by atoms with Crippen molar-refractivity contribution in [3.05, 3.63) is 35.4 Å². The Kier molecular flexibility index (Phi) is 6.40. The predicted octanol–water partition coefficient (Wildman–Crippen LogP) is 1.14. The monoisotopic (exact) mass is 334 g/mol. The molecule has 1 aromatic carbocycles. The maximum Gasteiger partial charge on any atom is 0.471 e. The Balaban J connectivity index is 1.95. The Labute approximate surface area is 143 Å². The summed E-state index contributed by atoms with van der Waals surface area (Å²) in [7, 11) is -1.52. The van der Waals surface area contributed by atoms with Crippen LogP contribution in [0, 0.1) is 0 Å². The lowest BCUT2D eigenvalue weighted by Gasteiger charge is -2.39. The molecule has 0 aliphatic carbocycles. The van der Waals surface area contributed by atoms with Gasteiger partial charge in [-0.25, -0.2) is 0 Å². The zero-order valence-corrected chi connectivity index (χ0v) is 14.2. The maximum absolute atomic E-state index is 10.5. The highest BCUT2D eigenvalue weighted by molar-refractivity contribution is 6.43. The number of carboxylic acid groups (broad SMARTS) is 1. The molecular weight excluding hydrogens is 307 g/mol. The molecule has 2 rings (SSSR count). The molecule has 1 aliphatic heterocycles. The molecule has 24 heavy (non-hydrogen) atoms. The third-order valence-corrected chi connectivity index (χ3v) is 4.82. The topological polar surface area (TPSA) is 107 Å². The summed E-state index contributed by atoms with van der Waals surface area (Å²) in [6, 6.07) is 8.07. The average Bonchev–Trinajstić information content (AvgIpc) is 2.88. The Hall–Kier alpha value is -1.41. The Morgan fingerprint density at radius 2 is 1.83 bits per heavy atom. The molecule has 0 fully saturated rings. The molecule has 1 aliphatic rings. The summed E-state index contributed by atoms with van der Waals surface area (Å²) in [5, 5.41) is 28.5. The predicted molar refractivity (Wildman–Crippen MR) is 93.0 cm³/mol. The second-order valence-electron chi connectivity index (χ2n) is 6.99. The molecule has 0 amide bonds. The smallest absolute Gasteiger partial charge is 0.471 e. The van der Waals surface area contributed by atoms with Crippen LogP contribution in [-0.4, -0.2) is 44.6 Å². The van der Waals surface area contributed by atoms with Gasteiger partial charge in [-0.05, 0) is 30.9 Å². The van der Waals surface area contributed by atoms with E-state index in [1.807, 2.05) is 24.0 Å². The van der Waals surface area contributed by atoms with E-state index in [1.165, 1.54) is 11.1 Å². The number of carboxylic acids is 1. The summed E-state index contributed by atoms with van der Waals surface area (Å²) in [6.07, 6.45) is 2.93. The van der Waals surface area contributed by atoms with E-state index >= 15 is 0 Å². The van der Waals surface area contributed by atoms with Crippen LogP contribution < -0.4 is 5.73 Å². The lowest BCUT2D eigenvalue weighted by Crippen LogP contribution is -2.62. The maximum atomic E-state index is 10.5. The highest BCUT2D eigenvalue weighted by Gasteiger charge is 2.43. The normalized spacial score (nSPS) is 18.0. The molecule has 5 N–H and O–H groups in total. The molecule has 7 heteroatoms. The largest absolute Gasteiger partial charge is 0.481 e. The van der Waals surface area contributed by atoms with Gasteiger partial charge in [0.15, 0.2) is 0 Å². The van der Waals surface area contributed by atoms with Crippen molar-refractivity contribution in [2.75, 3.05) is 0 Å². The summed E-state index contributed by atoms with van der Waals surface area (Å²) >= 11 is 0. The first-order valence-electron chi connectivity index (χ1n) is 8.49. The minimum atomic E-state index is -1.52. The van der Waals surface area contributed by atoms with Crippen molar-refractivity contribution >= 4 is 13.1 Å². The molecule has 132 valence electrons. The number of benzene rings is 1. The van der Waals surface area contributed by atoms with E-state index in [0.717, 1.165) is 12.8 Å². The van der Waals surface area contributed by atoms with E-state index in [0.29, 0.717) is 25.9 Å². The van der Waals surface area contributed by atoms with E-state index in [-0.39, 0.29) is 6.42 Å². The zero-order chi connectivity index (χ0) is 17.7. The number of hydrogen-bond donors (Lipinski definition) is 4. The highest BCUT2D eigenvalue weighted by atomic mass is 16.4. The second kappa shape index (κ2) is 8.12. The minimum absolute atomic E-state index is 0.161. The van der Waals surface area contributed by atoms with Crippen LogP contribution in [0.3, 0.4) is 0 Å². The summed E-state index contributed by atoms with van der Waals surface area (Å²) < 4.78 is 0. The number of hydrogen-bond acceptors (Lipinski definition) is 5. The molecule has 2 unspecified atom stereocenters. The van der Waals surface area contributed by atoms with E-state index in [9.17, 15) is 14.8 Å². The first-order valence-corrected chi connectivity index (χ1v) is 8.49. The van der Waals surface area contributed by atoms with Crippen LogP contribution in [0.1, 0.15) is 50.2 Å². The third-order valence-electron chi connectivity index (χ3n) is 4.82. The van der Waals surface area contributed by atoms with Crippen LogP contribution in [0.2, 0.25) is 0 Å². The van der Waals surface area contributed by atoms with E-state index in [4.69, 9.17) is 10.8 Å². The molecule has 0 radical (unpaired) electrons. The van der Waals surface area contributed by atoms with Gasteiger partial charge in [0.05, 0.1) is 5.94 Å². The standard InChI is InChI=1S/C17H27BN2O4/c1-17(19,10-6-2-3-9-15(21)22)16(18(23)24)20-11-13-7-4-5-8-14(13)12-20/h4-5,7-8,16,23-24H,2-3,6,9-12,19H2,1H3,(H,21,22). The molecule has 0 spiro atoms. The van der Waals surface area contributed by atoms with Crippen molar-refractivity contribution < 1.29 is 19.9 Å². The van der Waals surface area contributed by atoms with Crippen molar-refractivity contribution in [2.24, 2.45) is 5.73 Å². The SMILES string of the molecule is CC(N)(CCCCCC(=O)O)C(B(O)O)N1Cc2ccccc2C1. The van der Waals surface area contributed by atoms with Crippen LogP contribution >= 0.6 is 0 Å². The third kappa shape index (κ3) is 4.80. The van der Waals surface area contributed by atoms with Gasteiger partial charge in [0, 0.05) is 25.0 Å². The van der Waals surface area contributed by atoms with Gasteiger partial charge in [-0.2, -0.15) is 0 Å². The fraction of sp³-hybridized carbons (Fsp3) is 0.588. The van der Waals surface area contributed by atoms with Gasteiger partial charge < -0.3 is 20.9 Å². The number of carbonyl (C=O) groups is 1. The number of fused-ring (bicyclic) bond motifs is 1. The summed E-state index contributed by atoms with van der Waals surface area (Å²) in [5.74, 6) is -1.35. The van der Waals surface area contributed by atoms with E-state index in [2.05, 4.69) is 12.1 Å². The summed E-state index contributed by atoms with van der Waals surface area (Å²) in [5.41, 5.74) is 8.07. The van der Waals surface area contributed by atoms with Gasteiger partial charge in [0.25, 0.3) is 0 Å². The quantitative estimate of drug-likeness (QED) is 0.398. The number of rotatable bonds is 9. The van der Waals surface area contributed by atoms with Crippen molar-refractivity contribution in [2.45, 2.75) is 63.6 Å². The molecule has 0 bridgehead atoms. The Morgan fingerprint density at radius 1 is 1.25 bits per heavy atom. The zero-order valence-electron chi connectivity index (χ0n) is 14.2. The fourth-order valence-electron chi connectivity index (χ4n) is 3.61.